The number of amides is 1. The molecule has 5 nitrogen and oxygen atoms in total. The van der Waals surface area contributed by atoms with Gasteiger partial charge in [0.25, 0.3) is 0 Å². The van der Waals surface area contributed by atoms with Crippen molar-refractivity contribution >= 4 is 22.9 Å². The monoisotopic (exact) mass is 467 g/mol. The van der Waals surface area contributed by atoms with Crippen molar-refractivity contribution in [2.75, 3.05) is 38.2 Å². The fourth-order valence-electron chi connectivity index (χ4n) is 4.43. The number of halogens is 1. The molecule has 3 aromatic rings. The summed E-state index contributed by atoms with van der Waals surface area (Å²) in [5.74, 6) is 0.582. The van der Waals surface area contributed by atoms with Gasteiger partial charge in [0.05, 0.1) is 19.6 Å². The second-order valence-corrected chi connectivity index (χ2v) is 9.32. The van der Waals surface area contributed by atoms with Crippen LogP contribution in [0.25, 0.3) is 0 Å². The number of ether oxygens (including phenoxy) is 1. The highest BCUT2D eigenvalue weighted by molar-refractivity contribution is 7.10. The third-order valence-electron chi connectivity index (χ3n) is 6.12. The number of carbonyl (C=O) groups is 1. The van der Waals surface area contributed by atoms with Crippen molar-refractivity contribution in [3.8, 4) is 5.75 Å². The predicted molar refractivity (Wildman–Crippen MR) is 132 cm³/mol. The molecule has 174 valence electrons. The molecular weight excluding hydrogens is 437 g/mol. The van der Waals surface area contributed by atoms with Crippen LogP contribution < -0.4 is 15.0 Å². The van der Waals surface area contributed by atoms with E-state index in [0.29, 0.717) is 6.42 Å². The molecule has 2 unspecified atom stereocenters. The molecule has 1 amide bonds. The molecule has 1 saturated heterocycles. The van der Waals surface area contributed by atoms with Crippen LogP contribution in [-0.4, -0.2) is 50.1 Å². The molecule has 0 bridgehead atoms. The van der Waals surface area contributed by atoms with E-state index in [0.717, 1.165) is 43.2 Å². The fourth-order valence-corrected chi connectivity index (χ4v) is 5.39. The van der Waals surface area contributed by atoms with Crippen LogP contribution in [0.3, 0.4) is 0 Å². The highest BCUT2D eigenvalue weighted by Gasteiger charge is 2.31. The van der Waals surface area contributed by atoms with Gasteiger partial charge in [-0.15, -0.1) is 11.3 Å². The zero-order valence-electron chi connectivity index (χ0n) is 19.0. The Kier molecular flexibility index (Phi) is 7.62. The maximum Gasteiger partial charge on any atom is 0.224 e. The summed E-state index contributed by atoms with van der Waals surface area (Å²) in [6.07, 6.45) is 0.337. The number of methoxy groups -OCH3 is 1. The van der Waals surface area contributed by atoms with E-state index in [1.165, 1.54) is 17.0 Å². The van der Waals surface area contributed by atoms with Crippen LogP contribution in [0.15, 0.2) is 66.0 Å². The molecular formula is C26H30FN3O2S. The van der Waals surface area contributed by atoms with E-state index < -0.39 is 0 Å². The highest BCUT2D eigenvalue weighted by Crippen LogP contribution is 2.30. The third kappa shape index (κ3) is 5.92. The van der Waals surface area contributed by atoms with Gasteiger partial charge in [0.1, 0.15) is 11.6 Å². The number of anilines is 1. The van der Waals surface area contributed by atoms with E-state index in [2.05, 4.69) is 39.6 Å². The first-order chi connectivity index (χ1) is 16.0. The zero-order chi connectivity index (χ0) is 23.2. The molecule has 33 heavy (non-hydrogen) atoms. The van der Waals surface area contributed by atoms with E-state index in [-0.39, 0.29) is 23.8 Å². The Balaban J connectivity index is 1.39. The molecule has 1 aromatic heterocycles. The summed E-state index contributed by atoms with van der Waals surface area (Å²) in [7, 11) is 1.63. The Morgan fingerprint density at radius 1 is 1.06 bits per heavy atom. The van der Waals surface area contributed by atoms with Gasteiger partial charge < -0.3 is 15.0 Å². The van der Waals surface area contributed by atoms with Gasteiger partial charge in [-0.1, -0.05) is 18.2 Å². The summed E-state index contributed by atoms with van der Waals surface area (Å²) in [5.41, 5.74) is 2.01. The summed E-state index contributed by atoms with van der Waals surface area (Å²) in [4.78, 5) is 18.8. The first-order valence-corrected chi connectivity index (χ1v) is 12.1. The molecule has 2 aromatic carbocycles. The average molecular weight is 468 g/mol. The quantitative estimate of drug-likeness (QED) is 0.530. The Bertz CT molecular complexity index is 1020. The van der Waals surface area contributed by atoms with E-state index in [9.17, 15) is 9.18 Å². The van der Waals surface area contributed by atoms with Gasteiger partial charge in [-0.3, -0.25) is 9.69 Å². The van der Waals surface area contributed by atoms with Crippen LogP contribution in [-0.2, 0) is 11.2 Å². The van der Waals surface area contributed by atoms with Crippen LogP contribution in [0.4, 0.5) is 10.1 Å². The standard InChI is InChI=1S/C26H30FN3O2S/c1-19(28-25(31)18-20-5-11-23(32-2)12-6-20)26(24-4-3-17-33-24)30-15-13-29(14-16-30)22-9-7-21(27)8-10-22/h3-12,17,19,26H,13-16,18H2,1-2H3,(H,28,31). The van der Waals surface area contributed by atoms with Gasteiger partial charge in [-0.05, 0) is 60.3 Å². The van der Waals surface area contributed by atoms with Crippen LogP contribution in [0.5, 0.6) is 5.75 Å². The maximum absolute atomic E-state index is 13.3. The number of thiophene rings is 1. The lowest BCUT2D eigenvalue weighted by Crippen LogP contribution is -2.52. The Morgan fingerprint density at radius 3 is 2.36 bits per heavy atom. The lowest BCUT2D eigenvalue weighted by atomic mass is 10.0. The number of hydrogen-bond donors (Lipinski definition) is 1. The molecule has 2 heterocycles. The largest absolute Gasteiger partial charge is 0.497 e. The smallest absolute Gasteiger partial charge is 0.224 e. The van der Waals surface area contributed by atoms with Gasteiger partial charge >= 0.3 is 0 Å². The molecule has 1 aliphatic heterocycles. The fraction of sp³-hybridized carbons (Fsp3) is 0.346. The van der Waals surface area contributed by atoms with Gasteiger partial charge in [0, 0.05) is 42.8 Å². The van der Waals surface area contributed by atoms with Crippen molar-refractivity contribution in [2.24, 2.45) is 0 Å². The number of carbonyl (C=O) groups excluding carboxylic acids is 1. The molecule has 0 spiro atoms. The normalized spacial score (nSPS) is 16.3. The average Bonchev–Trinajstić information content (AvgIpc) is 3.35. The van der Waals surface area contributed by atoms with Crippen LogP contribution >= 0.6 is 11.3 Å². The van der Waals surface area contributed by atoms with Crippen molar-refractivity contribution in [1.29, 1.82) is 0 Å². The molecule has 4 rings (SSSR count). The molecule has 0 aliphatic carbocycles. The topological polar surface area (TPSA) is 44.8 Å². The van der Waals surface area contributed by atoms with Crippen LogP contribution in [0, 0.1) is 5.82 Å². The molecule has 7 heteroatoms. The van der Waals surface area contributed by atoms with E-state index in [4.69, 9.17) is 4.74 Å². The SMILES string of the molecule is COc1ccc(CC(=O)NC(C)C(c2cccs2)N2CCN(c3ccc(F)cc3)CC2)cc1. The number of nitrogens with zero attached hydrogens (tertiary/aromatic N) is 2. The van der Waals surface area contributed by atoms with Crippen molar-refractivity contribution < 1.29 is 13.9 Å². The molecule has 1 N–H and O–H groups in total. The second-order valence-electron chi connectivity index (χ2n) is 8.34. The van der Waals surface area contributed by atoms with Crippen molar-refractivity contribution in [3.05, 3.63) is 82.3 Å². The summed E-state index contributed by atoms with van der Waals surface area (Å²) in [6.45, 7) is 5.56. The minimum atomic E-state index is -0.214. The van der Waals surface area contributed by atoms with Gasteiger partial charge in [0.2, 0.25) is 5.91 Å². The number of hydrogen-bond acceptors (Lipinski definition) is 5. The molecule has 1 aliphatic rings. The number of piperazine rings is 1. The zero-order valence-corrected chi connectivity index (χ0v) is 19.9. The Labute approximate surface area is 198 Å². The minimum Gasteiger partial charge on any atom is -0.497 e. The second kappa shape index (κ2) is 10.8. The lowest BCUT2D eigenvalue weighted by Gasteiger charge is -2.42. The molecule has 1 fully saturated rings. The summed E-state index contributed by atoms with van der Waals surface area (Å²) in [5, 5.41) is 5.32. The third-order valence-corrected chi connectivity index (χ3v) is 7.06. The van der Waals surface area contributed by atoms with Gasteiger partial charge in [0.15, 0.2) is 0 Å². The summed E-state index contributed by atoms with van der Waals surface area (Å²) < 4.78 is 18.5. The first-order valence-electron chi connectivity index (χ1n) is 11.2. The van der Waals surface area contributed by atoms with Crippen molar-refractivity contribution in [3.63, 3.8) is 0 Å². The Morgan fingerprint density at radius 2 is 1.76 bits per heavy atom. The molecule has 2 atom stereocenters. The van der Waals surface area contributed by atoms with Crippen LogP contribution in [0.1, 0.15) is 23.4 Å². The lowest BCUT2D eigenvalue weighted by molar-refractivity contribution is -0.121. The van der Waals surface area contributed by atoms with Crippen LogP contribution in [0.2, 0.25) is 0 Å². The number of nitrogens with one attached hydrogen (secondary N) is 1. The van der Waals surface area contributed by atoms with E-state index >= 15 is 0 Å². The predicted octanol–water partition coefficient (Wildman–Crippen LogP) is 4.51. The first kappa shape index (κ1) is 23.3. The number of rotatable bonds is 8. The summed E-state index contributed by atoms with van der Waals surface area (Å²) in [6, 6.07) is 18.6. The maximum atomic E-state index is 13.3. The van der Waals surface area contributed by atoms with E-state index in [1.807, 2.05) is 36.4 Å². The molecule has 0 radical (unpaired) electrons. The highest BCUT2D eigenvalue weighted by atomic mass is 32.1. The van der Waals surface area contributed by atoms with E-state index in [1.54, 1.807) is 18.4 Å². The number of benzene rings is 2. The van der Waals surface area contributed by atoms with Gasteiger partial charge in [-0.25, -0.2) is 4.39 Å². The van der Waals surface area contributed by atoms with Gasteiger partial charge in [-0.2, -0.15) is 0 Å². The minimum absolute atomic E-state index is 0.0131. The van der Waals surface area contributed by atoms with Crippen molar-refractivity contribution in [1.82, 2.24) is 10.2 Å². The van der Waals surface area contributed by atoms with Crippen molar-refractivity contribution in [2.45, 2.75) is 25.4 Å². The molecule has 0 saturated carbocycles. The Hall–Kier alpha value is -2.90. The summed E-state index contributed by atoms with van der Waals surface area (Å²) >= 11 is 1.72.